The van der Waals surface area contributed by atoms with E-state index in [4.69, 9.17) is 9.84 Å². The lowest BCUT2D eigenvalue weighted by molar-refractivity contribution is 0.0903. The standard InChI is InChI=1S/C13H27NO2/c1-12-4-2-5-13(7-6-12)14-8-3-10-16-11-9-15/h12-15H,2-11H2,1H3. The van der Waals surface area contributed by atoms with Crippen molar-refractivity contribution in [3.8, 4) is 0 Å². The highest BCUT2D eigenvalue weighted by Gasteiger charge is 2.14. The van der Waals surface area contributed by atoms with Crippen molar-refractivity contribution in [1.29, 1.82) is 0 Å². The van der Waals surface area contributed by atoms with E-state index in [1.54, 1.807) is 0 Å². The van der Waals surface area contributed by atoms with E-state index < -0.39 is 0 Å². The average Bonchev–Trinajstić information content (AvgIpc) is 2.49. The summed E-state index contributed by atoms with van der Waals surface area (Å²) in [5.74, 6) is 0.916. The van der Waals surface area contributed by atoms with Gasteiger partial charge in [-0.15, -0.1) is 0 Å². The molecule has 1 saturated carbocycles. The monoisotopic (exact) mass is 229 g/mol. The molecule has 0 amide bonds. The average molecular weight is 229 g/mol. The van der Waals surface area contributed by atoms with Gasteiger partial charge in [-0.1, -0.05) is 19.8 Å². The van der Waals surface area contributed by atoms with Crippen molar-refractivity contribution in [2.24, 2.45) is 5.92 Å². The third-order valence-electron chi connectivity index (χ3n) is 3.39. The van der Waals surface area contributed by atoms with Crippen molar-refractivity contribution in [2.75, 3.05) is 26.4 Å². The van der Waals surface area contributed by atoms with Gasteiger partial charge in [0.2, 0.25) is 0 Å². The van der Waals surface area contributed by atoms with Gasteiger partial charge in [0.05, 0.1) is 13.2 Å². The summed E-state index contributed by atoms with van der Waals surface area (Å²) in [5, 5.41) is 12.2. The van der Waals surface area contributed by atoms with Crippen LogP contribution in [0.5, 0.6) is 0 Å². The van der Waals surface area contributed by atoms with E-state index in [0.29, 0.717) is 6.61 Å². The fourth-order valence-electron chi connectivity index (χ4n) is 2.34. The first-order chi connectivity index (χ1) is 7.83. The van der Waals surface area contributed by atoms with Crippen molar-refractivity contribution < 1.29 is 9.84 Å². The summed E-state index contributed by atoms with van der Waals surface area (Å²) in [6.07, 6.45) is 7.86. The highest BCUT2D eigenvalue weighted by Crippen LogP contribution is 2.22. The van der Waals surface area contributed by atoms with Gasteiger partial charge < -0.3 is 15.2 Å². The fourth-order valence-corrected chi connectivity index (χ4v) is 2.34. The van der Waals surface area contributed by atoms with Crippen LogP contribution in [0.3, 0.4) is 0 Å². The van der Waals surface area contributed by atoms with E-state index in [1.807, 2.05) is 0 Å². The Morgan fingerprint density at radius 3 is 2.88 bits per heavy atom. The Kier molecular flexibility index (Phi) is 7.81. The van der Waals surface area contributed by atoms with Crippen LogP contribution in [0.2, 0.25) is 0 Å². The summed E-state index contributed by atoms with van der Waals surface area (Å²) < 4.78 is 5.22. The van der Waals surface area contributed by atoms with Crippen LogP contribution in [0.1, 0.15) is 45.4 Å². The summed E-state index contributed by atoms with van der Waals surface area (Å²) in [6, 6.07) is 0.725. The smallest absolute Gasteiger partial charge is 0.0697 e. The molecule has 0 aliphatic heterocycles. The number of hydrogen-bond donors (Lipinski definition) is 2. The summed E-state index contributed by atoms with van der Waals surface area (Å²) in [4.78, 5) is 0. The first kappa shape index (κ1) is 13.9. The topological polar surface area (TPSA) is 41.5 Å². The lowest BCUT2D eigenvalue weighted by Gasteiger charge is -2.16. The zero-order valence-electron chi connectivity index (χ0n) is 10.6. The Labute approximate surface area is 99.6 Å². The van der Waals surface area contributed by atoms with Gasteiger partial charge in [-0.3, -0.25) is 0 Å². The van der Waals surface area contributed by atoms with Crippen molar-refractivity contribution in [3.05, 3.63) is 0 Å². The molecule has 0 bridgehead atoms. The molecule has 16 heavy (non-hydrogen) atoms. The number of nitrogens with one attached hydrogen (secondary N) is 1. The maximum atomic E-state index is 8.54. The molecule has 2 unspecified atom stereocenters. The fraction of sp³-hybridized carbons (Fsp3) is 1.00. The van der Waals surface area contributed by atoms with Crippen molar-refractivity contribution in [1.82, 2.24) is 5.32 Å². The molecule has 1 aliphatic carbocycles. The van der Waals surface area contributed by atoms with E-state index in [9.17, 15) is 0 Å². The maximum absolute atomic E-state index is 8.54. The van der Waals surface area contributed by atoms with E-state index in [1.165, 1.54) is 32.1 Å². The van der Waals surface area contributed by atoms with Crippen LogP contribution in [0.15, 0.2) is 0 Å². The van der Waals surface area contributed by atoms with E-state index in [-0.39, 0.29) is 6.61 Å². The predicted octanol–water partition coefficient (Wildman–Crippen LogP) is 1.94. The van der Waals surface area contributed by atoms with Crippen molar-refractivity contribution in [3.63, 3.8) is 0 Å². The van der Waals surface area contributed by atoms with Gasteiger partial charge in [0, 0.05) is 12.6 Å². The Morgan fingerprint density at radius 1 is 1.19 bits per heavy atom. The van der Waals surface area contributed by atoms with Crippen LogP contribution in [0.4, 0.5) is 0 Å². The van der Waals surface area contributed by atoms with Gasteiger partial charge in [-0.25, -0.2) is 0 Å². The minimum Gasteiger partial charge on any atom is -0.394 e. The Balaban J connectivity index is 1.95. The maximum Gasteiger partial charge on any atom is 0.0697 e. The van der Waals surface area contributed by atoms with Crippen LogP contribution < -0.4 is 5.32 Å². The zero-order valence-corrected chi connectivity index (χ0v) is 10.6. The molecule has 2 atom stereocenters. The van der Waals surface area contributed by atoms with Crippen LogP contribution in [-0.2, 0) is 4.74 Å². The first-order valence-corrected chi connectivity index (χ1v) is 6.75. The van der Waals surface area contributed by atoms with Gasteiger partial charge in [-0.05, 0) is 38.1 Å². The molecule has 96 valence electrons. The normalized spacial score (nSPS) is 26.6. The quantitative estimate of drug-likeness (QED) is 0.518. The van der Waals surface area contributed by atoms with E-state index in [0.717, 1.165) is 31.5 Å². The first-order valence-electron chi connectivity index (χ1n) is 6.75. The predicted molar refractivity (Wildman–Crippen MR) is 66.6 cm³/mol. The Hall–Kier alpha value is -0.120. The van der Waals surface area contributed by atoms with Crippen molar-refractivity contribution in [2.45, 2.75) is 51.5 Å². The highest BCUT2D eigenvalue weighted by molar-refractivity contribution is 4.73. The van der Waals surface area contributed by atoms with Crippen LogP contribution in [0, 0.1) is 5.92 Å². The number of aliphatic hydroxyl groups excluding tert-OH is 1. The van der Waals surface area contributed by atoms with E-state index in [2.05, 4.69) is 12.2 Å². The van der Waals surface area contributed by atoms with Crippen molar-refractivity contribution >= 4 is 0 Å². The highest BCUT2D eigenvalue weighted by atomic mass is 16.5. The molecule has 2 N–H and O–H groups in total. The molecular weight excluding hydrogens is 202 g/mol. The lowest BCUT2D eigenvalue weighted by atomic mass is 10.0. The van der Waals surface area contributed by atoms with Crippen LogP contribution >= 0.6 is 0 Å². The summed E-state index contributed by atoms with van der Waals surface area (Å²) >= 11 is 0. The molecule has 0 aromatic carbocycles. The minimum absolute atomic E-state index is 0.133. The summed E-state index contributed by atoms with van der Waals surface area (Å²) in [6.45, 7) is 4.78. The second kappa shape index (κ2) is 8.97. The van der Waals surface area contributed by atoms with Gasteiger partial charge in [0.25, 0.3) is 0 Å². The van der Waals surface area contributed by atoms with Gasteiger partial charge >= 0.3 is 0 Å². The summed E-state index contributed by atoms with van der Waals surface area (Å²) in [5.41, 5.74) is 0. The Morgan fingerprint density at radius 2 is 2.06 bits per heavy atom. The third kappa shape index (κ3) is 6.46. The third-order valence-corrected chi connectivity index (χ3v) is 3.39. The van der Waals surface area contributed by atoms with Crippen LogP contribution in [0.25, 0.3) is 0 Å². The minimum atomic E-state index is 0.133. The SMILES string of the molecule is CC1CCCC(NCCCOCCO)CC1. The molecule has 0 heterocycles. The molecule has 0 aromatic rings. The molecule has 0 spiro atoms. The van der Waals surface area contributed by atoms with Gasteiger partial charge in [-0.2, -0.15) is 0 Å². The molecule has 0 saturated heterocycles. The molecule has 1 aliphatic rings. The second-order valence-corrected chi connectivity index (χ2v) is 4.95. The van der Waals surface area contributed by atoms with Gasteiger partial charge in [0.1, 0.15) is 0 Å². The second-order valence-electron chi connectivity index (χ2n) is 4.95. The van der Waals surface area contributed by atoms with Gasteiger partial charge in [0.15, 0.2) is 0 Å². The molecule has 3 nitrogen and oxygen atoms in total. The molecular formula is C13H27NO2. The molecule has 0 radical (unpaired) electrons. The number of ether oxygens (including phenoxy) is 1. The molecule has 1 fully saturated rings. The largest absolute Gasteiger partial charge is 0.394 e. The van der Waals surface area contributed by atoms with E-state index >= 15 is 0 Å². The number of hydrogen-bond acceptors (Lipinski definition) is 3. The molecule has 0 aromatic heterocycles. The molecule has 1 rings (SSSR count). The summed E-state index contributed by atoms with van der Waals surface area (Å²) in [7, 11) is 0. The zero-order chi connectivity index (χ0) is 11.6. The lowest BCUT2D eigenvalue weighted by Crippen LogP contribution is -2.30. The number of rotatable bonds is 7. The number of aliphatic hydroxyl groups is 1. The Bertz CT molecular complexity index is 164. The molecule has 3 heteroatoms. The van der Waals surface area contributed by atoms with Crippen LogP contribution in [-0.4, -0.2) is 37.5 Å².